The van der Waals surface area contributed by atoms with E-state index in [1.807, 2.05) is 37.3 Å². The molecule has 6 heteroatoms. The molecule has 0 saturated carbocycles. The molecular formula is C18H20N2O3S. The fraction of sp³-hybridized carbons (Fsp3) is 0.278. The number of methoxy groups -OCH3 is 1. The summed E-state index contributed by atoms with van der Waals surface area (Å²) in [4.78, 5) is 0.196. The molecule has 2 aromatic carbocycles. The van der Waals surface area contributed by atoms with Crippen LogP contribution in [0, 0.1) is 11.3 Å². The number of rotatable bonds is 7. The van der Waals surface area contributed by atoms with Crippen molar-refractivity contribution in [3.05, 3.63) is 59.7 Å². The van der Waals surface area contributed by atoms with Crippen molar-refractivity contribution in [1.82, 2.24) is 4.72 Å². The van der Waals surface area contributed by atoms with Gasteiger partial charge in [-0.05, 0) is 48.7 Å². The Morgan fingerprint density at radius 1 is 1.17 bits per heavy atom. The third kappa shape index (κ3) is 4.82. The minimum Gasteiger partial charge on any atom is -0.497 e. The predicted octanol–water partition coefficient (Wildman–Crippen LogP) is 2.67. The second-order valence-corrected chi connectivity index (χ2v) is 7.27. The van der Waals surface area contributed by atoms with Crippen LogP contribution in [0.4, 0.5) is 0 Å². The molecule has 2 aromatic rings. The largest absolute Gasteiger partial charge is 0.497 e. The number of nitrogens with zero attached hydrogens (tertiary/aromatic N) is 1. The highest BCUT2D eigenvalue weighted by Crippen LogP contribution is 2.16. The van der Waals surface area contributed by atoms with E-state index in [2.05, 4.69) is 4.72 Å². The lowest BCUT2D eigenvalue weighted by atomic mass is 10.1. The number of nitriles is 1. The maximum atomic E-state index is 12.4. The normalized spacial score (nSPS) is 12.4. The zero-order valence-corrected chi connectivity index (χ0v) is 14.5. The molecule has 0 spiro atoms. The second kappa shape index (κ2) is 7.95. The van der Waals surface area contributed by atoms with Gasteiger partial charge in [-0.25, -0.2) is 13.1 Å². The van der Waals surface area contributed by atoms with Crippen LogP contribution in [-0.2, 0) is 22.9 Å². The summed E-state index contributed by atoms with van der Waals surface area (Å²) >= 11 is 0. The van der Waals surface area contributed by atoms with Gasteiger partial charge in [-0.3, -0.25) is 0 Å². The molecule has 0 aliphatic rings. The standard InChI is InChI=1S/C18H20N2O3S/c1-14(12-16-4-3-5-17(13-16)23-2)20-24(21,22)18-8-6-15(7-9-18)10-11-19/h3-9,13-14,20H,10,12H2,1-2H3. The van der Waals surface area contributed by atoms with Crippen LogP contribution in [-0.4, -0.2) is 21.6 Å². The van der Waals surface area contributed by atoms with Crippen LogP contribution in [0.1, 0.15) is 18.1 Å². The van der Waals surface area contributed by atoms with E-state index >= 15 is 0 Å². The van der Waals surface area contributed by atoms with Crippen LogP contribution in [0.15, 0.2) is 53.4 Å². The molecule has 1 atom stereocenters. The smallest absolute Gasteiger partial charge is 0.240 e. The Morgan fingerprint density at radius 2 is 1.88 bits per heavy atom. The Balaban J connectivity index is 2.06. The number of ether oxygens (including phenoxy) is 1. The number of benzene rings is 2. The SMILES string of the molecule is COc1cccc(CC(C)NS(=O)(=O)c2ccc(CC#N)cc2)c1. The van der Waals surface area contributed by atoms with Gasteiger partial charge >= 0.3 is 0 Å². The number of hydrogen-bond acceptors (Lipinski definition) is 4. The summed E-state index contributed by atoms with van der Waals surface area (Å²) in [6, 6.07) is 15.7. The van der Waals surface area contributed by atoms with E-state index in [1.54, 1.807) is 19.2 Å². The molecular weight excluding hydrogens is 324 g/mol. The van der Waals surface area contributed by atoms with E-state index in [9.17, 15) is 8.42 Å². The van der Waals surface area contributed by atoms with E-state index in [1.165, 1.54) is 12.1 Å². The molecule has 24 heavy (non-hydrogen) atoms. The van der Waals surface area contributed by atoms with Crippen LogP contribution in [0.3, 0.4) is 0 Å². The third-order valence-corrected chi connectivity index (χ3v) is 5.15. The van der Waals surface area contributed by atoms with Gasteiger partial charge in [-0.1, -0.05) is 24.3 Å². The maximum Gasteiger partial charge on any atom is 0.240 e. The molecule has 126 valence electrons. The average molecular weight is 344 g/mol. The Hall–Kier alpha value is -2.36. The van der Waals surface area contributed by atoms with Gasteiger partial charge in [0.25, 0.3) is 0 Å². The monoisotopic (exact) mass is 344 g/mol. The first-order valence-electron chi connectivity index (χ1n) is 7.56. The van der Waals surface area contributed by atoms with Gasteiger partial charge < -0.3 is 4.74 Å². The van der Waals surface area contributed by atoms with Crippen LogP contribution >= 0.6 is 0 Å². The van der Waals surface area contributed by atoms with Crippen molar-refractivity contribution in [3.63, 3.8) is 0 Å². The lowest BCUT2D eigenvalue weighted by Gasteiger charge is -2.15. The highest BCUT2D eigenvalue weighted by Gasteiger charge is 2.17. The molecule has 0 aliphatic carbocycles. The van der Waals surface area contributed by atoms with Gasteiger partial charge in [0.05, 0.1) is 24.5 Å². The lowest BCUT2D eigenvalue weighted by Crippen LogP contribution is -2.34. The fourth-order valence-corrected chi connectivity index (χ4v) is 3.65. The molecule has 0 fully saturated rings. The van der Waals surface area contributed by atoms with Gasteiger partial charge in [0.15, 0.2) is 0 Å². The van der Waals surface area contributed by atoms with Crippen molar-refractivity contribution in [3.8, 4) is 11.8 Å². The van der Waals surface area contributed by atoms with Gasteiger partial charge in [-0.15, -0.1) is 0 Å². The first-order chi connectivity index (χ1) is 11.4. The molecule has 1 N–H and O–H groups in total. The molecule has 0 bridgehead atoms. The summed E-state index contributed by atoms with van der Waals surface area (Å²) in [6.45, 7) is 1.82. The fourth-order valence-electron chi connectivity index (χ4n) is 2.41. The van der Waals surface area contributed by atoms with Crippen molar-refractivity contribution in [2.75, 3.05) is 7.11 Å². The average Bonchev–Trinajstić information content (AvgIpc) is 2.55. The summed E-state index contributed by atoms with van der Waals surface area (Å²) < 4.78 is 32.7. The summed E-state index contributed by atoms with van der Waals surface area (Å²) in [5, 5.41) is 8.66. The summed E-state index contributed by atoms with van der Waals surface area (Å²) in [6.07, 6.45) is 0.822. The van der Waals surface area contributed by atoms with Gasteiger partial charge in [0, 0.05) is 6.04 Å². The van der Waals surface area contributed by atoms with Crippen molar-refractivity contribution in [2.45, 2.75) is 30.7 Å². The lowest BCUT2D eigenvalue weighted by molar-refractivity contribution is 0.414. The minimum absolute atomic E-state index is 0.196. The molecule has 0 amide bonds. The van der Waals surface area contributed by atoms with E-state index in [4.69, 9.17) is 10.00 Å². The number of hydrogen-bond donors (Lipinski definition) is 1. The zero-order valence-electron chi connectivity index (χ0n) is 13.7. The van der Waals surface area contributed by atoms with Crippen molar-refractivity contribution >= 4 is 10.0 Å². The first kappa shape index (κ1) is 18.0. The molecule has 0 heterocycles. The first-order valence-corrected chi connectivity index (χ1v) is 9.04. The van der Waals surface area contributed by atoms with E-state index < -0.39 is 10.0 Å². The molecule has 1 unspecified atom stereocenters. The molecule has 0 saturated heterocycles. The van der Waals surface area contributed by atoms with Crippen LogP contribution in [0.25, 0.3) is 0 Å². The molecule has 0 aliphatic heterocycles. The van der Waals surface area contributed by atoms with Crippen LogP contribution in [0.2, 0.25) is 0 Å². The Labute approximate surface area is 142 Å². The van der Waals surface area contributed by atoms with E-state index in [0.29, 0.717) is 6.42 Å². The minimum atomic E-state index is -3.59. The van der Waals surface area contributed by atoms with Crippen LogP contribution in [0.5, 0.6) is 5.75 Å². The van der Waals surface area contributed by atoms with Crippen molar-refractivity contribution in [2.24, 2.45) is 0 Å². The van der Waals surface area contributed by atoms with Gasteiger partial charge in [0.2, 0.25) is 10.0 Å². The quantitative estimate of drug-likeness (QED) is 0.837. The highest BCUT2D eigenvalue weighted by molar-refractivity contribution is 7.89. The number of sulfonamides is 1. The van der Waals surface area contributed by atoms with E-state index in [-0.39, 0.29) is 17.4 Å². The predicted molar refractivity (Wildman–Crippen MR) is 92.2 cm³/mol. The Morgan fingerprint density at radius 3 is 2.50 bits per heavy atom. The van der Waals surface area contributed by atoms with Crippen molar-refractivity contribution < 1.29 is 13.2 Å². The second-order valence-electron chi connectivity index (χ2n) is 5.56. The zero-order chi connectivity index (χ0) is 17.6. The molecule has 0 aromatic heterocycles. The molecule has 2 rings (SSSR count). The Bertz CT molecular complexity index is 824. The molecule has 5 nitrogen and oxygen atoms in total. The number of nitrogens with one attached hydrogen (secondary N) is 1. The van der Waals surface area contributed by atoms with Gasteiger partial charge in [0.1, 0.15) is 5.75 Å². The van der Waals surface area contributed by atoms with Crippen LogP contribution < -0.4 is 9.46 Å². The Kier molecular flexibility index (Phi) is 5.96. The maximum absolute atomic E-state index is 12.4. The summed E-state index contributed by atoms with van der Waals surface area (Å²) in [5.41, 5.74) is 1.79. The summed E-state index contributed by atoms with van der Waals surface area (Å²) in [5.74, 6) is 0.746. The van der Waals surface area contributed by atoms with Gasteiger partial charge in [-0.2, -0.15) is 5.26 Å². The molecule has 0 radical (unpaired) electrons. The van der Waals surface area contributed by atoms with E-state index in [0.717, 1.165) is 16.9 Å². The third-order valence-electron chi connectivity index (χ3n) is 3.55. The highest BCUT2D eigenvalue weighted by atomic mass is 32.2. The summed E-state index contributed by atoms with van der Waals surface area (Å²) in [7, 11) is -1.99. The van der Waals surface area contributed by atoms with Crippen molar-refractivity contribution in [1.29, 1.82) is 5.26 Å². The topological polar surface area (TPSA) is 79.2 Å².